The SMILES string of the molecule is Cn1cnnc1CC1(c2cccc(N)c2)CC(C#N)C1. The van der Waals surface area contributed by atoms with Gasteiger partial charge in [-0.3, -0.25) is 0 Å². The van der Waals surface area contributed by atoms with Crippen LogP contribution in [-0.4, -0.2) is 14.8 Å². The molecule has 0 bridgehead atoms. The first-order valence-corrected chi connectivity index (χ1v) is 6.71. The lowest BCUT2D eigenvalue weighted by Crippen LogP contribution is -2.43. The summed E-state index contributed by atoms with van der Waals surface area (Å²) in [5.74, 6) is 1.08. The van der Waals surface area contributed by atoms with Crippen LogP contribution in [0.5, 0.6) is 0 Å². The van der Waals surface area contributed by atoms with Crippen molar-refractivity contribution in [2.24, 2.45) is 13.0 Å². The van der Waals surface area contributed by atoms with Gasteiger partial charge in [0.2, 0.25) is 0 Å². The molecule has 3 rings (SSSR count). The number of nitriles is 1. The van der Waals surface area contributed by atoms with Gasteiger partial charge < -0.3 is 10.3 Å². The molecule has 102 valence electrons. The molecule has 2 aromatic rings. The second-order valence-electron chi connectivity index (χ2n) is 5.67. The van der Waals surface area contributed by atoms with Crippen molar-refractivity contribution in [1.82, 2.24) is 14.8 Å². The van der Waals surface area contributed by atoms with Crippen molar-refractivity contribution >= 4 is 5.69 Å². The highest BCUT2D eigenvalue weighted by molar-refractivity contribution is 5.45. The largest absolute Gasteiger partial charge is 0.399 e. The lowest BCUT2D eigenvalue weighted by Gasteiger charge is -2.45. The predicted molar refractivity (Wildman–Crippen MR) is 75.6 cm³/mol. The van der Waals surface area contributed by atoms with Crippen LogP contribution in [0.15, 0.2) is 30.6 Å². The number of hydrogen-bond donors (Lipinski definition) is 1. The molecule has 1 aliphatic carbocycles. The Bertz CT molecular complexity index is 661. The first-order valence-electron chi connectivity index (χ1n) is 6.71. The average molecular weight is 267 g/mol. The van der Waals surface area contributed by atoms with Crippen molar-refractivity contribution in [3.05, 3.63) is 42.0 Å². The summed E-state index contributed by atoms with van der Waals surface area (Å²) in [5, 5.41) is 17.2. The molecular weight excluding hydrogens is 250 g/mol. The Balaban J connectivity index is 1.94. The summed E-state index contributed by atoms with van der Waals surface area (Å²) in [6.07, 6.45) is 4.23. The molecular formula is C15H17N5. The van der Waals surface area contributed by atoms with Gasteiger partial charge >= 0.3 is 0 Å². The number of nitrogens with two attached hydrogens (primary N) is 1. The van der Waals surface area contributed by atoms with E-state index in [2.05, 4.69) is 22.3 Å². The topological polar surface area (TPSA) is 80.5 Å². The van der Waals surface area contributed by atoms with Crippen LogP contribution in [0, 0.1) is 17.2 Å². The Morgan fingerprint density at radius 1 is 1.50 bits per heavy atom. The molecule has 0 spiro atoms. The standard InChI is InChI=1S/C15H17N5/c1-20-10-18-19-14(20)8-15(6-11(7-15)9-16)12-3-2-4-13(17)5-12/h2-5,10-11H,6-8,17H2,1H3. The van der Waals surface area contributed by atoms with Gasteiger partial charge in [-0.15, -0.1) is 10.2 Å². The maximum Gasteiger partial charge on any atom is 0.133 e. The van der Waals surface area contributed by atoms with Crippen molar-refractivity contribution in [3.63, 3.8) is 0 Å². The van der Waals surface area contributed by atoms with E-state index in [1.54, 1.807) is 6.33 Å². The summed E-state index contributed by atoms with van der Waals surface area (Å²) in [5.41, 5.74) is 7.84. The number of nitrogens with zero attached hydrogens (tertiary/aromatic N) is 4. The number of nitrogen functional groups attached to an aromatic ring is 1. The predicted octanol–water partition coefficient (Wildman–Crippen LogP) is 1.81. The molecule has 0 aliphatic heterocycles. The number of rotatable bonds is 3. The summed E-state index contributed by atoms with van der Waals surface area (Å²) in [6.45, 7) is 0. The van der Waals surface area contributed by atoms with Crippen molar-refractivity contribution in [2.45, 2.75) is 24.7 Å². The molecule has 1 aromatic carbocycles. The van der Waals surface area contributed by atoms with Crippen LogP contribution in [-0.2, 0) is 18.9 Å². The van der Waals surface area contributed by atoms with E-state index in [0.29, 0.717) is 0 Å². The average Bonchev–Trinajstić information content (AvgIpc) is 2.78. The summed E-state index contributed by atoms with van der Waals surface area (Å²) in [7, 11) is 1.95. The molecule has 1 aliphatic rings. The highest BCUT2D eigenvalue weighted by Gasteiger charge is 2.46. The van der Waals surface area contributed by atoms with Crippen LogP contribution in [0.2, 0.25) is 0 Å². The number of benzene rings is 1. The molecule has 1 aromatic heterocycles. The molecule has 0 atom stereocenters. The van der Waals surface area contributed by atoms with Crippen molar-refractivity contribution < 1.29 is 0 Å². The van der Waals surface area contributed by atoms with Crippen molar-refractivity contribution in [2.75, 3.05) is 5.73 Å². The van der Waals surface area contributed by atoms with Crippen LogP contribution in [0.25, 0.3) is 0 Å². The first-order chi connectivity index (χ1) is 9.63. The Morgan fingerprint density at radius 3 is 2.90 bits per heavy atom. The number of aromatic nitrogens is 3. The van der Waals surface area contributed by atoms with Crippen LogP contribution < -0.4 is 5.73 Å². The molecule has 1 heterocycles. The molecule has 5 nitrogen and oxygen atoms in total. The van der Waals surface area contributed by atoms with E-state index in [1.165, 1.54) is 5.56 Å². The minimum absolute atomic E-state index is 0.0312. The second kappa shape index (κ2) is 4.64. The number of aryl methyl sites for hydroxylation is 1. The van der Waals surface area contributed by atoms with E-state index in [1.807, 2.05) is 29.8 Å². The maximum atomic E-state index is 9.09. The fourth-order valence-electron chi connectivity index (χ4n) is 3.10. The van der Waals surface area contributed by atoms with E-state index in [9.17, 15) is 0 Å². The van der Waals surface area contributed by atoms with E-state index in [0.717, 1.165) is 30.8 Å². The van der Waals surface area contributed by atoms with E-state index in [-0.39, 0.29) is 11.3 Å². The third kappa shape index (κ3) is 2.03. The zero-order valence-corrected chi connectivity index (χ0v) is 11.5. The van der Waals surface area contributed by atoms with Gasteiger partial charge in [-0.05, 0) is 30.5 Å². The highest BCUT2D eigenvalue weighted by Crippen LogP contribution is 2.49. The molecule has 5 heteroatoms. The maximum absolute atomic E-state index is 9.09. The van der Waals surface area contributed by atoms with Gasteiger partial charge in [0.25, 0.3) is 0 Å². The van der Waals surface area contributed by atoms with Gasteiger partial charge in [0, 0.05) is 30.5 Å². The fourth-order valence-corrected chi connectivity index (χ4v) is 3.10. The minimum Gasteiger partial charge on any atom is -0.399 e. The van der Waals surface area contributed by atoms with E-state index in [4.69, 9.17) is 11.0 Å². The normalized spacial score (nSPS) is 24.9. The molecule has 0 radical (unpaired) electrons. The Kier molecular flexibility index (Phi) is 2.94. The van der Waals surface area contributed by atoms with Crippen molar-refractivity contribution in [3.8, 4) is 6.07 Å². The Labute approximate surface area is 118 Å². The summed E-state index contributed by atoms with van der Waals surface area (Å²) < 4.78 is 1.94. The zero-order chi connectivity index (χ0) is 14.2. The minimum atomic E-state index is -0.0312. The van der Waals surface area contributed by atoms with E-state index < -0.39 is 0 Å². The molecule has 0 saturated heterocycles. The quantitative estimate of drug-likeness (QED) is 0.860. The molecule has 0 amide bonds. The van der Waals surface area contributed by atoms with E-state index >= 15 is 0 Å². The van der Waals surface area contributed by atoms with Crippen LogP contribution >= 0.6 is 0 Å². The van der Waals surface area contributed by atoms with Gasteiger partial charge in [0.05, 0.1) is 6.07 Å². The molecule has 0 unspecified atom stereocenters. The second-order valence-corrected chi connectivity index (χ2v) is 5.67. The van der Waals surface area contributed by atoms with Gasteiger partial charge in [-0.1, -0.05) is 12.1 Å². The Hall–Kier alpha value is -2.35. The highest BCUT2D eigenvalue weighted by atomic mass is 15.2. The first kappa shape index (κ1) is 12.7. The van der Waals surface area contributed by atoms with Gasteiger partial charge in [-0.25, -0.2) is 0 Å². The number of anilines is 1. The summed E-state index contributed by atoms with van der Waals surface area (Å²) >= 11 is 0. The lowest BCUT2D eigenvalue weighted by atomic mass is 9.57. The summed E-state index contributed by atoms with van der Waals surface area (Å²) in [6, 6.07) is 10.3. The molecule has 1 fully saturated rings. The third-order valence-corrected chi connectivity index (χ3v) is 4.26. The van der Waals surface area contributed by atoms with Crippen molar-refractivity contribution in [1.29, 1.82) is 5.26 Å². The Morgan fingerprint density at radius 2 is 2.30 bits per heavy atom. The number of hydrogen-bond acceptors (Lipinski definition) is 4. The third-order valence-electron chi connectivity index (χ3n) is 4.26. The molecule has 2 N–H and O–H groups in total. The lowest BCUT2D eigenvalue weighted by molar-refractivity contribution is 0.179. The molecule has 20 heavy (non-hydrogen) atoms. The van der Waals surface area contributed by atoms with Gasteiger partial charge in [0.1, 0.15) is 12.2 Å². The van der Waals surface area contributed by atoms with Gasteiger partial charge in [-0.2, -0.15) is 5.26 Å². The smallest absolute Gasteiger partial charge is 0.133 e. The summed E-state index contributed by atoms with van der Waals surface area (Å²) in [4.78, 5) is 0. The fraction of sp³-hybridized carbons (Fsp3) is 0.400. The monoisotopic (exact) mass is 267 g/mol. The van der Waals surface area contributed by atoms with Crippen LogP contribution in [0.4, 0.5) is 5.69 Å². The molecule has 1 saturated carbocycles. The van der Waals surface area contributed by atoms with Crippen LogP contribution in [0.3, 0.4) is 0 Å². The zero-order valence-electron chi connectivity index (χ0n) is 11.5. The van der Waals surface area contributed by atoms with Crippen LogP contribution in [0.1, 0.15) is 24.2 Å². The van der Waals surface area contributed by atoms with Gasteiger partial charge in [0.15, 0.2) is 0 Å².